The van der Waals surface area contributed by atoms with Crippen LogP contribution >= 0.6 is 0 Å². The molecule has 2 aromatic heterocycles. The number of furan rings is 1. The van der Waals surface area contributed by atoms with Crippen molar-refractivity contribution in [2.24, 2.45) is 0 Å². The van der Waals surface area contributed by atoms with Crippen LogP contribution in [0.15, 0.2) is 40.9 Å². The summed E-state index contributed by atoms with van der Waals surface area (Å²) in [6.07, 6.45) is 1.64. The van der Waals surface area contributed by atoms with Crippen molar-refractivity contribution in [3.05, 3.63) is 48.0 Å². The molecule has 1 aliphatic heterocycles. The van der Waals surface area contributed by atoms with Gasteiger partial charge >= 0.3 is 6.03 Å². The lowest BCUT2D eigenvalue weighted by molar-refractivity contribution is -0.122. The molecule has 1 fully saturated rings. The Morgan fingerprint density at radius 3 is 2.81 bits per heavy atom. The SMILES string of the molecule is CNC(=O)c1ccc(C#C[C@]2(Cn3cc4ccc(OC)cc4c3O)NC(=O)NC2=O)o1. The van der Waals surface area contributed by atoms with E-state index in [9.17, 15) is 19.5 Å². The summed E-state index contributed by atoms with van der Waals surface area (Å²) in [6, 6.07) is 7.39. The van der Waals surface area contributed by atoms with Gasteiger partial charge in [-0.25, -0.2) is 4.79 Å². The monoisotopic (exact) mass is 422 g/mol. The number of nitrogens with zero attached hydrogens (tertiary/aromatic N) is 1. The molecule has 3 aromatic rings. The van der Waals surface area contributed by atoms with E-state index >= 15 is 0 Å². The Morgan fingerprint density at radius 1 is 1.32 bits per heavy atom. The Labute approximate surface area is 176 Å². The van der Waals surface area contributed by atoms with Crippen molar-refractivity contribution >= 4 is 28.6 Å². The fourth-order valence-electron chi connectivity index (χ4n) is 3.28. The number of aromatic nitrogens is 1. The van der Waals surface area contributed by atoms with E-state index in [0.29, 0.717) is 16.5 Å². The van der Waals surface area contributed by atoms with Crippen LogP contribution in [-0.4, -0.2) is 47.2 Å². The molecule has 1 saturated heterocycles. The van der Waals surface area contributed by atoms with E-state index in [4.69, 9.17) is 9.15 Å². The third kappa shape index (κ3) is 3.53. The lowest BCUT2D eigenvalue weighted by Crippen LogP contribution is -2.49. The standard InChI is InChI=1S/C21H18N4O6/c1-22-17(26)16-6-5-13(31-16)7-8-21(19(28)23-20(29)24-21)11-25-10-12-3-4-14(30-2)9-15(12)18(25)27/h3-6,9-10,27H,11H2,1-2H3,(H,22,26)(H2,23,24,28,29)/t21-/m1/s1. The van der Waals surface area contributed by atoms with Gasteiger partial charge in [0.15, 0.2) is 17.4 Å². The molecule has 0 unspecified atom stereocenters. The average Bonchev–Trinajstić information content (AvgIpc) is 3.43. The molecule has 4 amide bonds. The van der Waals surface area contributed by atoms with Crippen LogP contribution in [0.5, 0.6) is 11.6 Å². The molecule has 0 aliphatic carbocycles. The summed E-state index contributed by atoms with van der Waals surface area (Å²) in [4.78, 5) is 36.1. The van der Waals surface area contributed by atoms with Gasteiger partial charge in [0.25, 0.3) is 11.8 Å². The van der Waals surface area contributed by atoms with Crippen LogP contribution in [0.1, 0.15) is 16.3 Å². The van der Waals surface area contributed by atoms with E-state index < -0.39 is 23.4 Å². The van der Waals surface area contributed by atoms with E-state index in [-0.39, 0.29) is 23.9 Å². The summed E-state index contributed by atoms with van der Waals surface area (Å²) in [5.41, 5.74) is -1.66. The highest BCUT2D eigenvalue weighted by atomic mass is 16.5. The number of nitrogens with one attached hydrogen (secondary N) is 3. The molecule has 0 radical (unpaired) electrons. The smallest absolute Gasteiger partial charge is 0.323 e. The van der Waals surface area contributed by atoms with Crippen molar-refractivity contribution in [2.75, 3.05) is 14.2 Å². The minimum absolute atomic E-state index is 0.0593. The molecular weight excluding hydrogens is 404 g/mol. The van der Waals surface area contributed by atoms with Crippen LogP contribution in [0.25, 0.3) is 10.8 Å². The number of imide groups is 1. The van der Waals surface area contributed by atoms with Gasteiger partial charge < -0.3 is 29.5 Å². The predicted octanol–water partition coefficient (Wildman–Crippen LogP) is 0.938. The maximum Gasteiger partial charge on any atom is 0.323 e. The Hall–Kier alpha value is -4.39. The Morgan fingerprint density at radius 2 is 2.13 bits per heavy atom. The molecule has 10 nitrogen and oxygen atoms in total. The van der Waals surface area contributed by atoms with E-state index in [1.54, 1.807) is 24.4 Å². The van der Waals surface area contributed by atoms with Gasteiger partial charge in [-0.3, -0.25) is 14.9 Å². The molecule has 158 valence electrons. The zero-order chi connectivity index (χ0) is 22.2. The first kappa shape index (κ1) is 19.9. The number of amides is 4. The number of hydrogen-bond donors (Lipinski definition) is 4. The number of ether oxygens (including phenoxy) is 1. The lowest BCUT2D eigenvalue weighted by atomic mass is 10.0. The van der Waals surface area contributed by atoms with Crippen LogP contribution in [0.3, 0.4) is 0 Å². The Bertz CT molecular complexity index is 1280. The highest BCUT2D eigenvalue weighted by Gasteiger charge is 2.46. The van der Waals surface area contributed by atoms with Crippen molar-refractivity contribution in [3.8, 4) is 23.5 Å². The number of fused-ring (bicyclic) bond motifs is 1. The molecular formula is C21H18N4O6. The van der Waals surface area contributed by atoms with Gasteiger partial charge in [-0.05, 0) is 36.3 Å². The van der Waals surface area contributed by atoms with Gasteiger partial charge in [-0.1, -0.05) is 5.92 Å². The second kappa shape index (κ2) is 7.46. The first-order chi connectivity index (χ1) is 14.8. The van der Waals surface area contributed by atoms with E-state index in [1.165, 1.54) is 30.9 Å². The van der Waals surface area contributed by atoms with Gasteiger partial charge in [0.05, 0.1) is 13.7 Å². The van der Waals surface area contributed by atoms with Crippen LogP contribution in [0, 0.1) is 11.8 Å². The van der Waals surface area contributed by atoms with Crippen LogP contribution in [0.4, 0.5) is 4.79 Å². The summed E-state index contributed by atoms with van der Waals surface area (Å²) in [6.45, 7) is -0.163. The van der Waals surface area contributed by atoms with E-state index in [0.717, 1.165) is 0 Å². The second-order valence-electron chi connectivity index (χ2n) is 6.84. The average molecular weight is 422 g/mol. The molecule has 0 spiro atoms. The highest BCUT2D eigenvalue weighted by Crippen LogP contribution is 2.32. The number of urea groups is 1. The van der Waals surface area contributed by atoms with Crippen LogP contribution in [0.2, 0.25) is 0 Å². The molecule has 4 N–H and O–H groups in total. The molecule has 3 heterocycles. The number of carbonyl (C=O) groups excluding carboxylic acids is 3. The third-order valence-electron chi connectivity index (χ3n) is 4.87. The normalized spacial score (nSPS) is 17.6. The predicted molar refractivity (Wildman–Crippen MR) is 109 cm³/mol. The Balaban J connectivity index is 1.72. The number of carbonyl (C=O) groups is 3. The van der Waals surface area contributed by atoms with Crippen LogP contribution in [-0.2, 0) is 11.3 Å². The quantitative estimate of drug-likeness (QED) is 0.365. The first-order valence-electron chi connectivity index (χ1n) is 9.20. The maximum absolute atomic E-state index is 12.6. The summed E-state index contributed by atoms with van der Waals surface area (Å²) < 4.78 is 12.0. The zero-order valence-electron chi connectivity index (χ0n) is 16.6. The van der Waals surface area contributed by atoms with E-state index in [2.05, 4.69) is 27.8 Å². The summed E-state index contributed by atoms with van der Waals surface area (Å²) >= 11 is 0. The van der Waals surface area contributed by atoms with Gasteiger partial charge in [-0.2, -0.15) is 0 Å². The van der Waals surface area contributed by atoms with Crippen molar-refractivity contribution in [2.45, 2.75) is 12.1 Å². The van der Waals surface area contributed by atoms with Crippen molar-refractivity contribution in [3.63, 3.8) is 0 Å². The highest BCUT2D eigenvalue weighted by molar-refractivity contribution is 6.09. The van der Waals surface area contributed by atoms with Gasteiger partial charge in [0, 0.05) is 24.0 Å². The number of rotatable bonds is 4. The number of methoxy groups -OCH3 is 1. The lowest BCUT2D eigenvalue weighted by Gasteiger charge is -2.20. The number of benzene rings is 1. The first-order valence-corrected chi connectivity index (χ1v) is 9.20. The van der Waals surface area contributed by atoms with Crippen molar-refractivity contribution in [1.29, 1.82) is 0 Å². The van der Waals surface area contributed by atoms with Crippen LogP contribution < -0.4 is 20.7 Å². The summed E-state index contributed by atoms with van der Waals surface area (Å²) in [5, 5.41) is 19.0. The maximum atomic E-state index is 12.6. The molecule has 1 atom stereocenters. The largest absolute Gasteiger partial charge is 0.497 e. The summed E-state index contributed by atoms with van der Waals surface area (Å²) in [7, 11) is 2.98. The van der Waals surface area contributed by atoms with Gasteiger partial charge in [0.2, 0.25) is 5.54 Å². The molecule has 1 aromatic carbocycles. The minimum atomic E-state index is -1.66. The minimum Gasteiger partial charge on any atom is -0.497 e. The number of aromatic hydroxyl groups is 1. The molecule has 4 rings (SSSR count). The second-order valence-corrected chi connectivity index (χ2v) is 6.84. The molecule has 10 heteroatoms. The van der Waals surface area contributed by atoms with E-state index in [1.807, 2.05) is 0 Å². The van der Waals surface area contributed by atoms with Gasteiger partial charge in [-0.15, -0.1) is 0 Å². The molecule has 31 heavy (non-hydrogen) atoms. The number of hydrogen-bond acceptors (Lipinski definition) is 6. The summed E-state index contributed by atoms with van der Waals surface area (Å²) in [5.74, 6) is 4.97. The van der Waals surface area contributed by atoms with Gasteiger partial charge in [0.1, 0.15) is 5.75 Å². The van der Waals surface area contributed by atoms with Crippen molar-refractivity contribution in [1.82, 2.24) is 20.5 Å². The molecule has 1 aliphatic rings. The fraction of sp³-hybridized carbons (Fsp3) is 0.190. The van der Waals surface area contributed by atoms with Crippen molar-refractivity contribution < 1.29 is 28.6 Å². The third-order valence-corrected chi connectivity index (χ3v) is 4.87. The Kier molecular flexibility index (Phi) is 4.79. The molecule has 0 saturated carbocycles. The zero-order valence-corrected chi connectivity index (χ0v) is 16.6. The molecule has 0 bridgehead atoms. The fourth-order valence-corrected chi connectivity index (χ4v) is 3.28. The topological polar surface area (TPSA) is 135 Å².